The molecule has 2 aliphatic rings. The van der Waals surface area contributed by atoms with Gasteiger partial charge in [-0.05, 0) is 57.4 Å². The van der Waals surface area contributed by atoms with E-state index in [4.69, 9.17) is 0 Å². The van der Waals surface area contributed by atoms with Crippen LogP contribution in [0.1, 0.15) is 71.6 Å². The standard InChI is InChI=1S/C17H31NO2/c1-3-6-14-7-9-15(10-8-14)18-12-5-11-17(4-2,13-18)16(19)20/h14-15H,3-13H2,1-2H3,(H,19,20). The maximum absolute atomic E-state index is 11.6. The summed E-state index contributed by atoms with van der Waals surface area (Å²) in [6, 6.07) is 0.647. The summed E-state index contributed by atoms with van der Waals surface area (Å²) in [4.78, 5) is 14.1. The summed E-state index contributed by atoms with van der Waals surface area (Å²) in [5.41, 5.74) is -0.474. The molecule has 2 fully saturated rings. The normalized spacial score (nSPS) is 35.9. The third kappa shape index (κ3) is 3.36. The highest BCUT2D eigenvalue weighted by molar-refractivity contribution is 5.75. The highest BCUT2D eigenvalue weighted by Crippen LogP contribution is 2.38. The predicted molar refractivity (Wildman–Crippen MR) is 81.8 cm³/mol. The third-order valence-electron chi connectivity index (χ3n) is 5.77. The second-order valence-corrected chi connectivity index (χ2v) is 6.98. The molecule has 0 bridgehead atoms. The van der Waals surface area contributed by atoms with Gasteiger partial charge in [-0.1, -0.05) is 26.7 Å². The molecule has 20 heavy (non-hydrogen) atoms. The molecule has 1 unspecified atom stereocenters. The first-order chi connectivity index (χ1) is 9.61. The van der Waals surface area contributed by atoms with Gasteiger partial charge in [-0.25, -0.2) is 0 Å². The molecule has 116 valence electrons. The molecule has 1 aliphatic heterocycles. The van der Waals surface area contributed by atoms with Crippen LogP contribution in [0.2, 0.25) is 0 Å². The molecule has 2 rings (SSSR count). The number of nitrogens with zero attached hydrogens (tertiary/aromatic N) is 1. The van der Waals surface area contributed by atoms with Gasteiger partial charge in [0.25, 0.3) is 0 Å². The molecule has 1 saturated heterocycles. The molecular formula is C17H31NO2. The van der Waals surface area contributed by atoms with Crippen molar-refractivity contribution in [2.24, 2.45) is 11.3 Å². The summed E-state index contributed by atoms with van der Waals surface area (Å²) in [5.74, 6) is 0.348. The highest BCUT2D eigenvalue weighted by atomic mass is 16.4. The second kappa shape index (κ2) is 6.93. The zero-order valence-corrected chi connectivity index (χ0v) is 13.2. The average Bonchev–Trinajstić information content (AvgIpc) is 2.48. The fraction of sp³-hybridized carbons (Fsp3) is 0.941. The Morgan fingerprint density at radius 3 is 2.50 bits per heavy atom. The van der Waals surface area contributed by atoms with E-state index >= 15 is 0 Å². The summed E-state index contributed by atoms with van der Waals surface area (Å²) in [6.45, 7) is 6.20. The quantitative estimate of drug-likeness (QED) is 0.830. The van der Waals surface area contributed by atoms with Crippen LogP contribution in [0, 0.1) is 11.3 Å². The van der Waals surface area contributed by atoms with Crippen LogP contribution in [0.4, 0.5) is 0 Å². The molecule has 1 saturated carbocycles. The number of likely N-dealkylation sites (tertiary alicyclic amines) is 1. The molecule has 1 aliphatic carbocycles. The lowest BCUT2D eigenvalue weighted by Crippen LogP contribution is -2.51. The zero-order valence-electron chi connectivity index (χ0n) is 13.2. The van der Waals surface area contributed by atoms with Crippen molar-refractivity contribution in [3.63, 3.8) is 0 Å². The van der Waals surface area contributed by atoms with E-state index in [1.807, 2.05) is 6.92 Å². The number of rotatable bonds is 5. The van der Waals surface area contributed by atoms with Crippen molar-refractivity contribution in [3.05, 3.63) is 0 Å². The number of carboxylic acid groups (broad SMARTS) is 1. The van der Waals surface area contributed by atoms with Crippen LogP contribution in [0.3, 0.4) is 0 Å². The minimum atomic E-state index is -0.579. The fourth-order valence-electron chi connectivity index (χ4n) is 4.30. The summed E-state index contributed by atoms with van der Waals surface area (Å²) in [6.07, 6.45) is 10.6. The van der Waals surface area contributed by atoms with Crippen LogP contribution in [0.25, 0.3) is 0 Å². The molecule has 1 N–H and O–H groups in total. The lowest BCUT2D eigenvalue weighted by molar-refractivity contribution is -0.153. The summed E-state index contributed by atoms with van der Waals surface area (Å²) in [5, 5.41) is 9.59. The van der Waals surface area contributed by atoms with Crippen molar-refractivity contribution in [1.29, 1.82) is 0 Å². The van der Waals surface area contributed by atoms with Crippen LogP contribution < -0.4 is 0 Å². The molecule has 3 heteroatoms. The summed E-state index contributed by atoms with van der Waals surface area (Å²) >= 11 is 0. The van der Waals surface area contributed by atoms with Gasteiger partial charge in [-0.3, -0.25) is 9.69 Å². The van der Waals surface area contributed by atoms with E-state index in [-0.39, 0.29) is 0 Å². The lowest BCUT2D eigenvalue weighted by Gasteiger charge is -2.45. The topological polar surface area (TPSA) is 40.5 Å². The van der Waals surface area contributed by atoms with Crippen LogP contribution in [0.15, 0.2) is 0 Å². The van der Waals surface area contributed by atoms with E-state index in [9.17, 15) is 9.90 Å². The number of piperidine rings is 1. The monoisotopic (exact) mass is 281 g/mol. The van der Waals surface area contributed by atoms with E-state index in [0.29, 0.717) is 6.04 Å². The largest absolute Gasteiger partial charge is 0.481 e. The minimum absolute atomic E-state index is 0.474. The number of aliphatic carboxylic acids is 1. The summed E-state index contributed by atoms with van der Waals surface area (Å²) in [7, 11) is 0. The molecule has 0 spiro atoms. The van der Waals surface area contributed by atoms with Gasteiger partial charge < -0.3 is 5.11 Å². The van der Waals surface area contributed by atoms with Gasteiger partial charge in [0.05, 0.1) is 5.41 Å². The molecule has 0 aromatic heterocycles. The number of carboxylic acids is 1. The SMILES string of the molecule is CCCC1CCC(N2CCCC(CC)(C(=O)O)C2)CC1. The Balaban J connectivity index is 1.91. The molecule has 0 aromatic carbocycles. The third-order valence-corrected chi connectivity index (χ3v) is 5.77. The van der Waals surface area contributed by atoms with Crippen molar-refractivity contribution < 1.29 is 9.90 Å². The van der Waals surface area contributed by atoms with Gasteiger partial charge >= 0.3 is 5.97 Å². The average molecular weight is 281 g/mol. The Hall–Kier alpha value is -0.570. The number of hydrogen-bond donors (Lipinski definition) is 1. The van der Waals surface area contributed by atoms with Gasteiger partial charge in [0.15, 0.2) is 0 Å². The molecule has 1 atom stereocenters. The maximum Gasteiger partial charge on any atom is 0.310 e. The first-order valence-corrected chi connectivity index (χ1v) is 8.58. The minimum Gasteiger partial charge on any atom is -0.481 e. The first-order valence-electron chi connectivity index (χ1n) is 8.58. The van der Waals surface area contributed by atoms with Crippen molar-refractivity contribution in [2.45, 2.75) is 77.7 Å². The van der Waals surface area contributed by atoms with Crippen molar-refractivity contribution in [1.82, 2.24) is 4.90 Å². The summed E-state index contributed by atoms with van der Waals surface area (Å²) < 4.78 is 0. The fourth-order valence-corrected chi connectivity index (χ4v) is 4.30. The Kier molecular flexibility index (Phi) is 5.48. The van der Waals surface area contributed by atoms with Gasteiger partial charge in [-0.2, -0.15) is 0 Å². The predicted octanol–water partition coefficient (Wildman–Crippen LogP) is 3.92. The van der Waals surface area contributed by atoms with E-state index in [1.165, 1.54) is 38.5 Å². The molecule has 0 aromatic rings. The Morgan fingerprint density at radius 1 is 1.25 bits per heavy atom. The molecule has 0 radical (unpaired) electrons. The first kappa shape index (κ1) is 15.8. The van der Waals surface area contributed by atoms with Gasteiger partial charge in [0, 0.05) is 12.6 Å². The zero-order chi connectivity index (χ0) is 14.6. The molecular weight excluding hydrogens is 250 g/mol. The van der Waals surface area contributed by atoms with E-state index in [0.717, 1.165) is 38.3 Å². The lowest BCUT2D eigenvalue weighted by atomic mass is 9.75. The highest BCUT2D eigenvalue weighted by Gasteiger charge is 2.42. The molecule has 3 nitrogen and oxygen atoms in total. The smallest absolute Gasteiger partial charge is 0.310 e. The Bertz CT molecular complexity index is 323. The maximum atomic E-state index is 11.6. The molecule has 1 heterocycles. The van der Waals surface area contributed by atoms with Crippen LogP contribution in [-0.4, -0.2) is 35.1 Å². The second-order valence-electron chi connectivity index (χ2n) is 6.98. The Morgan fingerprint density at radius 2 is 1.95 bits per heavy atom. The van der Waals surface area contributed by atoms with Gasteiger partial charge in [-0.15, -0.1) is 0 Å². The van der Waals surface area contributed by atoms with Crippen LogP contribution in [-0.2, 0) is 4.79 Å². The van der Waals surface area contributed by atoms with Gasteiger partial charge in [0.1, 0.15) is 0 Å². The van der Waals surface area contributed by atoms with E-state index in [1.54, 1.807) is 0 Å². The van der Waals surface area contributed by atoms with E-state index in [2.05, 4.69) is 11.8 Å². The van der Waals surface area contributed by atoms with Gasteiger partial charge in [0.2, 0.25) is 0 Å². The number of hydrogen-bond acceptors (Lipinski definition) is 2. The van der Waals surface area contributed by atoms with E-state index < -0.39 is 11.4 Å². The van der Waals surface area contributed by atoms with Crippen molar-refractivity contribution in [3.8, 4) is 0 Å². The van der Waals surface area contributed by atoms with Crippen LogP contribution >= 0.6 is 0 Å². The Labute approximate surface area is 123 Å². The van der Waals surface area contributed by atoms with Crippen LogP contribution in [0.5, 0.6) is 0 Å². The number of carbonyl (C=O) groups is 1. The van der Waals surface area contributed by atoms with Crippen molar-refractivity contribution >= 4 is 5.97 Å². The molecule has 0 amide bonds. The van der Waals surface area contributed by atoms with Crippen molar-refractivity contribution in [2.75, 3.05) is 13.1 Å².